The first-order chi connectivity index (χ1) is 9.03. The predicted molar refractivity (Wildman–Crippen MR) is 73.2 cm³/mol. The van der Waals surface area contributed by atoms with Gasteiger partial charge >= 0.3 is 0 Å². The highest BCUT2D eigenvalue weighted by molar-refractivity contribution is 7.91. The second kappa shape index (κ2) is 5.79. The van der Waals surface area contributed by atoms with E-state index in [0.29, 0.717) is 11.3 Å². The van der Waals surface area contributed by atoms with Crippen molar-refractivity contribution < 1.29 is 13.5 Å². The Bertz CT molecular complexity index is 638. The fourth-order valence-corrected chi connectivity index (χ4v) is 3.99. The number of hydrogen-bond donors (Lipinski definition) is 2. The number of rotatable bonds is 5. The van der Waals surface area contributed by atoms with E-state index in [4.69, 9.17) is 5.11 Å². The molecule has 0 amide bonds. The van der Waals surface area contributed by atoms with Crippen LogP contribution in [0.1, 0.15) is 24.2 Å². The van der Waals surface area contributed by atoms with Crippen LogP contribution in [0.4, 0.5) is 0 Å². The Hall–Kier alpha value is -1.28. The Morgan fingerprint density at radius 2 is 2.26 bits per heavy atom. The monoisotopic (exact) mass is 298 g/mol. The van der Waals surface area contributed by atoms with E-state index in [9.17, 15) is 8.42 Å². The maximum absolute atomic E-state index is 12.1. The van der Waals surface area contributed by atoms with Gasteiger partial charge in [-0.3, -0.25) is 4.98 Å². The highest BCUT2D eigenvalue weighted by atomic mass is 32.2. The summed E-state index contributed by atoms with van der Waals surface area (Å²) < 4.78 is 27.0. The van der Waals surface area contributed by atoms with Crippen molar-refractivity contribution >= 4 is 21.4 Å². The minimum absolute atomic E-state index is 0.165. The van der Waals surface area contributed by atoms with Crippen molar-refractivity contribution in [2.24, 2.45) is 0 Å². The van der Waals surface area contributed by atoms with E-state index in [-0.39, 0.29) is 10.8 Å². The highest BCUT2D eigenvalue weighted by Gasteiger charge is 2.20. The molecular formula is C12H14N2O3S2. The average Bonchev–Trinajstić information content (AvgIpc) is 2.89. The average molecular weight is 298 g/mol. The smallest absolute Gasteiger partial charge is 0.250 e. The summed E-state index contributed by atoms with van der Waals surface area (Å²) in [4.78, 5) is 4.11. The summed E-state index contributed by atoms with van der Waals surface area (Å²) >= 11 is 1.09. The van der Waals surface area contributed by atoms with Gasteiger partial charge in [-0.15, -0.1) is 11.3 Å². The van der Waals surface area contributed by atoms with Gasteiger partial charge in [-0.1, -0.05) is 6.07 Å². The summed E-state index contributed by atoms with van der Waals surface area (Å²) in [7, 11) is -3.58. The molecule has 0 spiro atoms. The van der Waals surface area contributed by atoms with Crippen LogP contribution in [0.2, 0.25) is 0 Å². The summed E-state index contributed by atoms with van der Waals surface area (Å²) in [6.07, 6.45) is 1.62. The van der Waals surface area contributed by atoms with Crippen molar-refractivity contribution in [3.8, 4) is 0 Å². The number of nitrogens with one attached hydrogen (secondary N) is 1. The quantitative estimate of drug-likeness (QED) is 0.880. The topological polar surface area (TPSA) is 79.3 Å². The third kappa shape index (κ3) is 3.38. The van der Waals surface area contributed by atoms with E-state index in [0.717, 1.165) is 11.3 Å². The van der Waals surface area contributed by atoms with Crippen LogP contribution in [0, 0.1) is 0 Å². The SMILES string of the molecule is CC(NS(=O)(=O)c1cc(CO)cs1)c1ccccn1. The van der Waals surface area contributed by atoms with Crippen LogP contribution in [-0.2, 0) is 16.6 Å². The number of aromatic nitrogens is 1. The Morgan fingerprint density at radius 3 is 2.84 bits per heavy atom. The molecule has 1 unspecified atom stereocenters. The fourth-order valence-electron chi connectivity index (χ4n) is 1.56. The molecule has 0 aromatic carbocycles. The second-order valence-corrected chi connectivity index (χ2v) is 6.88. The molecule has 102 valence electrons. The van der Waals surface area contributed by atoms with E-state index in [1.807, 2.05) is 6.07 Å². The van der Waals surface area contributed by atoms with E-state index >= 15 is 0 Å². The molecule has 0 aliphatic carbocycles. The van der Waals surface area contributed by atoms with E-state index in [1.165, 1.54) is 6.07 Å². The lowest BCUT2D eigenvalue weighted by Crippen LogP contribution is -2.26. The summed E-state index contributed by atoms with van der Waals surface area (Å²) in [5, 5.41) is 10.6. The lowest BCUT2D eigenvalue weighted by atomic mass is 10.2. The molecule has 5 nitrogen and oxygen atoms in total. The van der Waals surface area contributed by atoms with Gasteiger partial charge in [0.1, 0.15) is 4.21 Å². The van der Waals surface area contributed by atoms with Crippen LogP contribution >= 0.6 is 11.3 Å². The van der Waals surface area contributed by atoms with Crippen molar-refractivity contribution in [1.82, 2.24) is 9.71 Å². The first kappa shape index (κ1) is 14.1. The molecule has 19 heavy (non-hydrogen) atoms. The van der Waals surface area contributed by atoms with Crippen molar-refractivity contribution in [1.29, 1.82) is 0 Å². The summed E-state index contributed by atoms with van der Waals surface area (Å²) in [6.45, 7) is 1.57. The molecule has 0 aliphatic heterocycles. The standard InChI is InChI=1S/C12H14N2O3S2/c1-9(11-4-2-3-5-13-11)14-19(16,17)12-6-10(7-15)8-18-12/h2-6,8-9,14-15H,7H2,1H3. The van der Waals surface area contributed by atoms with Crippen LogP contribution in [0.15, 0.2) is 40.1 Å². The number of thiophene rings is 1. The Morgan fingerprint density at radius 1 is 1.47 bits per heavy atom. The Balaban J connectivity index is 2.17. The number of nitrogens with zero attached hydrogens (tertiary/aromatic N) is 1. The zero-order valence-corrected chi connectivity index (χ0v) is 11.9. The zero-order chi connectivity index (χ0) is 13.9. The molecule has 0 saturated carbocycles. The van der Waals surface area contributed by atoms with E-state index in [2.05, 4.69) is 9.71 Å². The first-order valence-corrected chi connectivity index (χ1v) is 8.01. The first-order valence-electron chi connectivity index (χ1n) is 5.64. The minimum Gasteiger partial charge on any atom is -0.392 e. The van der Waals surface area contributed by atoms with Gasteiger partial charge in [0.25, 0.3) is 10.0 Å². The molecule has 0 saturated heterocycles. The molecule has 2 rings (SSSR count). The van der Waals surface area contributed by atoms with Gasteiger partial charge in [0.15, 0.2) is 0 Å². The fraction of sp³-hybridized carbons (Fsp3) is 0.250. The summed E-state index contributed by atoms with van der Waals surface area (Å²) in [6, 6.07) is 6.41. The third-order valence-electron chi connectivity index (χ3n) is 2.54. The molecule has 2 aromatic rings. The molecule has 2 aromatic heterocycles. The van der Waals surface area contributed by atoms with Crippen molar-refractivity contribution in [3.63, 3.8) is 0 Å². The number of hydrogen-bond acceptors (Lipinski definition) is 5. The van der Waals surface area contributed by atoms with Gasteiger partial charge in [0.05, 0.1) is 18.3 Å². The van der Waals surface area contributed by atoms with Crippen molar-refractivity contribution in [2.75, 3.05) is 0 Å². The van der Waals surface area contributed by atoms with Crippen LogP contribution in [0.25, 0.3) is 0 Å². The van der Waals surface area contributed by atoms with E-state index in [1.54, 1.807) is 30.6 Å². The van der Waals surface area contributed by atoms with Crippen LogP contribution < -0.4 is 4.72 Å². The maximum atomic E-state index is 12.1. The molecule has 2 N–H and O–H groups in total. The number of aliphatic hydroxyl groups is 1. The van der Waals surface area contributed by atoms with Gasteiger partial charge in [-0.2, -0.15) is 0 Å². The van der Waals surface area contributed by atoms with Crippen LogP contribution in [0.3, 0.4) is 0 Å². The molecule has 7 heteroatoms. The largest absolute Gasteiger partial charge is 0.392 e. The van der Waals surface area contributed by atoms with Crippen LogP contribution in [0.5, 0.6) is 0 Å². The molecule has 0 aliphatic rings. The van der Waals surface area contributed by atoms with E-state index < -0.39 is 16.1 Å². The molecule has 0 bridgehead atoms. The molecular weight excluding hydrogens is 284 g/mol. The van der Waals surface area contributed by atoms with Crippen molar-refractivity contribution in [2.45, 2.75) is 23.8 Å². The van der Waals surface area contributed by atoms with Gasteiger partial charge in [0.2, 0.25) is 0 Å². The lowest BCUT2D eigenvalue weighted by molar-refractivity contribution is 0.282. The van der Waals surface area contributed by atoms with Gasteiger partial charge in [-0.25, -0.2) is 13.1 Å². The Labute approximate surface area is 116 Å². The van der Waals surface area contributed by atoms with Gasteiger partial charge in [-0.05, 0) is 36.1 Å². The van der Waals surface area contributed by atoms with Crippen LogP contribution in [-0.4, -0.2) is 18.5 Å². The Kier molecular flexibility index (Phi) is 4.31. The van der Waals surface area contributed by atoms with Gasteiger partial charge < -0.3 is 5.11 Å². The number of pyridine rings is 1. The zero-order valence-electron chi connectivity index (χ0n) is 10.3. The molecule has 1 atom stereocenters. The second-order valence-electron chi connectivity index (χ2n) is 4.03. The number of sulfonamides is 1. The molecule has 2 heterocycles. The molecule has 0 radical (unpaired) electrons. The number of aliphatic hydroxyl groups excluding tert-OH is 1. The lowest BCUT2D eigenvalue weighted by Gasteiger charge is -2.12. The predicted octanol–water partition coefficient (Wildman–Crippen LogP) is 1.67. The molecule has 0 fully saturated rings. The third-order valence-corrected chi connectivity index (χ3v) is 5.57. The minimum atomic E-state index is -3.58. The maximum Gasteiger partial charge on any atom is 0.250 e. The summed E-state index contributed by atoms with van der Waals surface area (Å²) in [5.74, 6) is 0. The summed E-state index contributed by atoms with van der Waals surface area (Å²) in [5.41, 5.74) is 1.25. The highest BCUT2D eigenvalue weighted by Crippen LogP contribution is 2.22. The normalized spacial score (nSPS) is 13.4. The van der Waals surface area contributed by atoms with Gasteiger partial charge in [0, 0.05) is 6.20 Å². The van der Waals surface area contributed by atoms with Crippen molar-refractivity contribution in [3.05, 3.63) is 47.1 Å².